The van der Waals surface area contributed by atoms with Crippen molar-refractivity contribution in [1.82, 2.24) is 10.6 Å². The first-order valence-corrected chi connectivity index (χ1v) is 4.67. The molecule has 1 aliphatic rings. The second kappa shape index (κ2) is 3.77. The van der Waals surface area contributed by atoms with Crippen molar-refractivity contribution in [2.75, 3.05) is 0 Å². The zero-order chi connectivity index (χ0) is 10.0. The van der Waals surface area contributed by atoms with Gasteiger partial charge in [-0.05, 0) is 12.8 Å². The third-order valence-corrected chi connectivity index (χ3v) is 2.55. The molecule has 0 bridgehead atoms. The van der Waals surface area contributed by atoms with E-state index in [0.29, 0.717) is 0 Å². The van der Waals surface area contributed by atoms with Crippen molar-refractivity contribution in [1.29, 1.82) is 0 Å². The Balaban J connectivity index is 2.66. The normalized spacial score (nSPS) is 30.7. The van der Waals surface area contributed by atoms with Gasteiger partial charge in [-0.15, -0.1) is 0 Å². The lowest BCUT2D eigenvalue weighted by molar-refractivity contribution is -0.137. The summed E-state index contributed by atoms with van der Waals surface area (Å²) in [5.74, 6) is 0.0304. The SMILES string of the molecule is CCC(C)[C@H]1NC(=O)[C@H](C)NC1=O. The van der Waals surface area contributed by atoms with Crippen LogP contribution in [0.15, 0.2) is 0 Å². The Kier molecular flexibility index (Phi) is 2.90. The first kappa shape index (κ1) is 10.0. The molecule has 0 aromatic heterocycles. The monoisotopic (exact) mass is 184 g/mol. The molecule has 1 fully saturated rings. The second-order valence-corrected chi connectivity index (χ2v) is 3.60. The molecule has 0 radical (unpaired) electrons. The highest BCUT2D eigenvalue weighted by Gasteiger charge is 2.33. The summed E-state index contributed by atoms with van der Waals surface area (Å²) in [5, 5.41) is 5.36. The topological polar surface area (TPSA) is 58.2 Å². The highest BCUT2D eigenvalue weighted by molar-refractivity contribution is 5.96. The zero-order valence-corrected chi connectivity index (χ0v) is 8.26. The molecule has 0 aromatic carbocycles. The van der Waals surface area contributed by atoms with Gasteiger partial charge in [0, 0.05) is 0 Å². The van der Waals surface area contributed by atoms with E-state index < -0.39 is 6.04 Å². The maximum Gasteiger partial charge on any atom is 0.243 e. The molecule has 4 heteroatoms. The van der Waals surface area contributed by atoms with Crippen LogP contribution in [0.25, 0.3) is 0 Å². The van der Waals surface area contributed by atoms with Gasteiger partial charge < -0.3 is 10.6 Å². The maximum absolute atomic E-state index is 11.4. The quantitative estimate of drug-likeness (QED) is 0.636. The van der Waals surface area contributed by atoms with Gasteiger partial charge >= 0.3 is 0 Å². The van der Waals surface area contributed by atoms with E-state index in [-0.39, 0.29) is 23.8 Å². The van der Waals surface area contributed by atoms with Gasteiger partial charge in [0.2, 0.25) is 11.8 Å². The highest BCUT2D eigenvalue weighted by atomic mass is 16.2. The molecule has 74 valence electrons. The third-order valence-electron chi connectivity index (χ3n) is 2.55. The van der Waals surface area contributed by atoms with Gasteiger partial charge in [0.05, 0.1) is 0 Å². The Morgan fingerprint density at radius 1 is 1.31 bits per heavy atom. The van der Waals surface area contributed by atoms with Crippen molar-refractivity contribution in [2.45, 2.75) is 39.3 Å². The van der Waals surface area contributed by atoms with Crippen LogP contribution in [0.3, 0.4) is 0 Å². The summed E-state index contributed by atoms with van der Waals surface area (Å²) in [4.78, 5) is 22.7. The van der Waals surface area contributed by atoms with Crippen LogP contribution < -0.4 is 10.6 Å². The lowest BCUT2D eigenvalue weighted by Gasteiger charge is -2.30. The van der Waals surface area contributed by atoms with Crippen LogP contribution in [0.2, 0.25) is 0 Å². The number of hydrogen-bond donors (Lipinski definition) is 2. The minimum Gasteiger partial charge on any atom is -0.343 e. The van der Waals surface area contributed by atoms with Crippen molar-refractivity contribution in [3.63, 3.8) is 0 Å². The van der Waals surface area contributed by atoms with E-state index in [0.717, 1.165) is 6.42 Å². The number of carbonyl (C=O) groups excluding carboxylic acids is 2. The minimum atomic E-state index is -0.396. The summed E-state index contributed by atoms with van der Waals surface area (Å²) in [7, 11) is 0. The Labute approximate surface area is 78.1 Å². The summed E-state index contributed by atoms with van der Waals surface area (Å²) in [6.45, 7) is 5.64. The summed E-state index contributed by atoms with van der Waals surface area (Å²) >= 11 is 0. The van der Waals surface area contributed by atoms with Crippen molar-refractivity contribution in [3.8, 4) is 0 Å². The van der Waals surface area contributed by atoms with E-state index in [1.807, 2.05) is 13.8 Å². The van der Waals surface area contributed by atoms with Gasteiger partial charge in [-0.25, -0.2) is 0 Å². The van der Waals surface area contributed by atoms with Crippen LogP contribution in [0, 0.1) is 5.92 Å². The fourth-order valence-electron chi connectivity index (χ4n) is 1.35. The van der Waals surface area contributed by atoms with Gasteiger partial charge in [-0.2, -0.15) is 0 Å². The predicted molar refractivity (Wildman–Crippen MR) is 49.0 cm³/mol. The molecule has 0 aliphatic carbocycles. The minimum absolute atomic E-state index is 0.0681. The van der Waals surface area contributed by atoms with E-state index in [4.69, 9.17) is 0 Å². The first-order chi connectivity index (χ1) is 6.06. The molecule has 1 rings (SSSR count). The average molecular weight is 184 g/mol. The van der Waals surface area contributed by atoms with Crippen molar-refractivity contribution >= 4 is 11.8 Å². The summed E-state index contributed by atoms with van der Waals surface area (Å²) < 4.78 is 0. The summed E-state index contributed by atoms with van der Waals surface area (Å²) in [5.41, 5.74) is 0. The molecular formula is C9H16N2O2. The third kappa shape index (κ3) is 1.99. The van der Waals surface area contributed by atoms with Crippen molar-refractivity contribution in [3.05, 3.63) is 0 Å². The first-order valence-electron chi connectivity index (χ1n) is 4.67. The fraction of sp³-hybridized carbons (Fsp3) is 0.778. The van der Waals surface area contributed by atoms with Crippen LogP contribution >= 0.6 is 0 Å². The van der Waals surface area contributed by atoms with Crippen LogP contribution in [0.5, 0.6) is 0 Å². The Morgan fingerprint density at radius 2 is 1.92 bits per heavy atom. The smallest absolute Gasteiger partial charge is 0.243 e. The zero-order valence-electron chi connectivity index (χ0n) is 8.26. The molecule has 0 spiro atoms. The highest BCUT2D eigenvalue weighted by Crippen LogP contribution is 2.10. The number of hydrogen-bond acceptors (Lipinski definition) is 2. The number of amides is 2. The predicted octanol–water partition coefficient (Wildman–Crippen LogP) is 0.0356. The Bertz CT molecular complexity index is 228. The summed E-state index contributed by atoms with van der Waals surface area (Å²) in [6, 6.07) is -0.749. The number of piperazine rings is 1. The molecule has 1 saturated heterocycles. The fourth-order valence-corrected chi connectivity index (χ4v) is 1.35. The largest absolute Gasteiger partial charge is 0.343 e. The van der Waals surface area contributed by atoms with Gasteiger partial charge in [-0.1, -0.05) is 20.3 Å². The van der Waals surface area contributed by atoms with Crippen LogP contribution in [-0.2, 0) is 9.59 Å². The molecule has 4 nitrogen and oxygen atoms in total. The lowest BCUT2D eigenvalue weighted by atomic mass is 9.96. The molecule has 13 heavy (non-hydrogen) atoms. The van der Waals surface area contributed by atoms with Gasteiger partial charge in [0.25, 0.3) is 0 Å². The number of nitrogens with one attached hydrogen (secondary N) is 2. The molecule has 3 atom stereocenters. The lowest BCUT2D eigenvalue weighted by Crippen LogP contribution is -2.62. The van der Waals surface area contributed by atoms with Crippen LogP contribution in [0.4, 0.5) is 0 Å². The van der Waals surface area contributed by atoms with Gasteiger partial charge in [0.1, 0.15) is 12.1 Å². The van der Waals surface area contributed by atoms with Crippen molar-refractivity contribution < 1.29 is 9.59 Å². The van der Waals surface area contributed by atoms with Gasteiger partial charge in [0.15, 0.2) is 0 Å². The Morgan fingerprint density at radius 3 is 2.46 bits per heavy atom. The van der Waals surface area contributed by atoms with Gasteiger partial charge in [-0.3, -0.25) is 9.59 Å². The molecule has 0 aromatic rings. The number of rotatable bonds is 2. The summed E-state index contributed by atoms with van der Waals surface area (Å²) in [6.07, 6.45) is 0.882. The molecule has 1 unspecified atom stereocenters. The van der Waals surface area contributed by atoms with E-state index in [9.17, 15) is 9.59 Å². The van der Waals surface area contributed by atoms with Crippen molar-refractivity contribution in [2.24, 2.45) is 5.92 Å². The molecule has 2 amide bonds. The molecule has 1 aliphatic heterocycles. The molecule has 0 saturated carbocycles. The van der Waals surface area contributed by atoms with E-state index in [2.05, 4.69) is 10.6 Å². The van der Waals surface area contributed by atoms with Crippen LogP contribution in [0.1, 0.15) is 27.2 Å². The van der Waals surface area contributed by atoms with E-state index in [1.165, 1.54) is 0 Å². The Hall–Kier alpha value is -1.06. The van der Waals surface area contributed by atoms with E-state index in [1.54, 1.807) is 6.92 Å². The van der Waals surface area contributed by atoms with Crippen LogP contribution in [-0.4, -0.2) is 23.9 Å². The molecule has 2 N–H and O–H groups in total. The number of carbonyl (C=O) groups is 2. The standard InChI is InChI=1S/C9H16N2O2/c1-4-5(2)7-9(13)10-6(3)8(12)11-7/h5-7H,4H2,1-3H3,(H,10,13)(H,11,12)/t5?,6-,7+/m0/s1. The van der Waals surface area contributed by atoms with E-state index >= 15 is 0 Å². The maximum atomic E-state index is 11.4. The second-order valence-electron chi connectivity index (χ2n) is 3.60. The average Bonchev–Trinajstić information content (AvgIpc) is 2.10. The molecule has 1 heterocycles. The molecular weight excluding hydrogens is 168 g/mol.